The Balaban J connectivity index is 2.34. The monoisotopic (exact) mass is 315 g/mol. The molecule has 0 atom stereocenters. The molecule has 0 aliphatic rings. The van der Waals surface area contributed by atoms with Crippen LogP contribution in [0, 0.1) is 11.3 Å². The van der Waals surface area contributed by atoms with E-state index in [-0.39, 0.29) is 5.91 Å². The van der Waals surface area contributed by atoms with Crippen molar-refractivity contribution in [2.45, 2.75) is 0 Å². The average molecular weight is 316 g/mol. The summed E-state index contributed by atoms with van der Waals surface area (Å²) in [5.41, 5.74) is 1.51. The van der Waals surface area contributed by atoms with E-state index in [9.17, 15) is 4.79 Å². The van der Waals surface area contributed by atoms with E-state index in [0.29, 0.717) is 21.4 Å². The van der Waals surface area contributed by atoms with Crippen molar-refractivity contribution in [1.29, 1.82) is 5.26 Å². The van der Waals surface area contributed by atoms with Gasteiger partial charge in [-0.05, 0) is 40.2 Å². The minimum Gasteiger partial charge on any atom is -0.310 e. The number of nitriles is 1. The zero-order valence-corrected chi connectivity index (χ0v) is 11.8. The summed E-state index contributed by atoms with van der Waals surface area (Å²) in [5, 5.41) is 9.05. The second kappa shape index (κ2) is 5.63. The quantitative estimate of drug-likeness (QED) is 0.800. The van der Waals surface area contributed by atoms with Crippen molar-refractivity contribution in [3.63, 3.8) is 0 Å². The van der Waals surface area contributed by atoms with Crippen LogP contribution in [0.25, 0.3) is 0 Å². The molecule has 4 nitrogen and oxygen atoms in total. The molecule has 0 spiro atoms. The lowest BCUT2D eigenvalue weighted by molar-refractivity contribution is 0.0992. The minimum absolute atomic E-state index is 0.206. The fraction of sp³-hybridized carbons (Fsp3) is 0.0714. The van der Waals surface area contributed by atoms with Gasteiger partial charge in [-0.15, -0.1) is 0 Å². The van der Waals surface area contributed by atoms with Crippen LogP contribution in [0.5, 0.6) is 0 Å². The lowest BCUT2D eigenvalue weighted by Crippen LogP contribution is -2.27. The summed E-state index contributed by atoms with van der Waals surface area (Å²) in [6, 6.07) is 12.4. The van der Waals surface area contributed by atoms with Crippen molar-refractivity contribution in [3.05, 3.63) is 58.3 Å². The number of hydrogen-bond donors (Lipinski definition) is 0. The topological polar surface area (TPSA) is 57.0 Å². The van der Waals surface area contributed by atoms with Crippen molar-refractivity contribution in [2.24, 2.45) is 0 Å². The van der Waals surface area contributed by atoms with Gasteiger partial charge in [-0.25, -0.2) is 4.98 Å². The molecule has 2 rings (SSSR count). The highest BCUT2D eigenvalue weighted by Crippen LogP contribution is 2.20. The highest BCUT2D eigenvalue weighted by Gasteiger charge is 2.16. The Labute approximate surface area is 119 Å². The van der Waals surface area contributed by atoms with Crippen LogP contribution in [0.4, 0.5) is 5.69 Å². The molecule has 0 aliphatic carbocycles. The second-order valence-corrected chi connectivity index (χ2v) is 4.68. The number of aromatic nitrogens is 1. The summed E-state index contributed by atoms with van der Waals surface area (Å²) >= 11 is 3.22. The van der Waals surface area contributed by atoms with E-state index in [1.807, 2.05) is 0 Å². The number of pyridine rings is 1. The Morgan fingerprint density at radius 2 is 2.05 bits per heavy atom. The van der Waals surface area contributed by atoms with Gasteiger partial charge in [0.15, 0.2) is 0 Å². The summed E-state index contributed by atoms with van der Waals surface area (Å²) in [5.74, 6) is -0.206. The Kier molecular flexibility index (Phi) is 3.93. The van der Waals surface area contributed by atoms with Crippen LogP contribution < -0.4 is 4.90 Å². The lowest BCUT2D eigenvalue weighted by Gasteiger charge is -2.18. The molecule has 0 saturated heterocycles. The summed E-state index contributed by atoms with van der Waals surface area (Å²) in [4.78, 5) is 17.8. The van der Waals surface area contributed by atoms with E-state index < -0.39 is 0 Å². The van der Waals surface area contributed by atoms with Crippen LogP contribution in [-0.4, -0.2) is 17.9 Å². The number of rotatable bonds is 2. The molecule has 0 radical (unpaired) electrons. The molecule has 0 saturated carbocycles. The first-order chi connectivity index (χ1) is 9.13. The normalized spacial score (nSPS) is 9.74. The molecule has 1 heterocycles. The molecule has 0 fully saturated rings. The van der Waals surface area contributed by atoms with E-state index in [4.69, 9.17) is 5.26 Å². The van der Waals surface area contributed by atoms with E-state index in [2.05, 4.69) is 27.0 Å². The Morgan fingerprint density at radius 3 is 2.68 bits per heavy atom. The van der Waals surface area contributed by atoms with Gasteiger partial charge in [0.2, 0.25) is 0 Å². The number of para-hydroxylation sites is 1. The van der Waals surface area contributed by atoms with Crippen molar-refractivity contribution in [1.82, 2.24) is 4.98 Å². The largest absolute Gasteiger partial charge is 0.310 e. The smallest absolute Gasteiger partial charge is 0.259 e. The van der Waals surface area contributed by atoms with E-state index in [1.165, 1.54) is 11.1 Å². The third kappa shape index (κ3) is 2.80. The van der Waals surface area contributed by atoms with Crippen LogP contribution in [0.15, 0.2) is 47.2 Å². The van der Waals surface area contributed by atoms with E-state index >= 15 is 0 Å². The number of carbonyl (C=O) groups excluding carboxylic acids is 1. The molecule has 0 bridgehead atoms. The molecular weight excluding hydrogens is 306 g/mol. The maximum atomic E-state index is 12.3. The van der Waals surface area contributed by atoms with Crippen LogP contribution in [0.1, 0.15) is 15.9 Å². The van der Waals surface area contributed by atoms with Gasteiger partial charge in [0.1, 0.15) is 10.7 Å². The molecule has 19 heavy (non-hydrogen) atoms. The van der Waals surface area contributed by atoms with Gasteiger partial charge in [-0.3, -0.25) is 4.79 Å². The summed E-state index contributed by atoms with van der Waals surface area (Å²) in [6.07, 6.45) is 1.50. The van der Waals surface area contributed by atoms with Gasteiger partial charge >= 0.3 is 0 Å². The summed E-state index contributed by atoms with van der Waals surface area (Å²) in [7, 11) is 1.64. The fourth-order valence-corrected chi connectivity index (χ4v) is 1.90. The molecule has 1 aromatic heterocycles. The fourth-order valence-electron chi connectivity index (χ4n) is 1.67. The Morgan fingerprint density at radius 1 is 1.32 bits per heavy atom. The van der Waals surface area contributed by atoms with Gasteiger partial charge in [-0.1, -0.05) is 12.1 Å². The lowest BCUT2D eigenvalue weighted by atomic mass is 10.1. The first kappa shape index (κ1) is 13.2. The molecule has 0 unspecified atom stereocenters. The van der Waals surface area contributed by atoms with Crippen LogP contribution >= 0.6 is 15.9 Å². The minimum atomic E-state index is -0.206. The maximum absolute atomic E-state index is 12.3. The van der Waals surface area contributed by atoms with Crippen molar-refractivity contribution in [2.75, 3.05) is 11.9 Å². The first-order valence-electron chi connectivity index (χ1n) is 5.52. The summed E-state index contributed by atoms with van der Waals surface area (Å²) < 4.78 is 0.670. The standard InChI is InChI=1S/C14H10BrN3O/c1-18(12-5-3-2-4-10(12)8-16)14(19)11-6-7-13(15)17-9-11/h2-7,9H,1H3. The third-order valence-electron chi connectivity index (χ3n) is 2.66. The molecule has 1 amide bonds. The Hall–Kier alpha value is -2.19. The maximum Gasteiger partial charge on any atom is 0.259 e. The highest BCUT2D eigenvalue weighted by molar-refractivity contribution is 9.10. The van der Waals surface area contributed by atoms with Gasteiger partial charge in [0.25, 0.3) is 5.91 Å². The molecule has 0 aliphatic heterocycles. The summed E-state index contributed by atoms with van der Waals surface area (Å²) in [6.45, 7) is 0. The van der Waals surface area contributed by atoms with Crippen molar-refractivity contribution in [3.8, 4) is 6.07 Å². The van der Waals surface area contributed by atoms with Crippen LogP contribution in [0.3, 0.4) is 0 Å². The highest BCUT2D eigenvalue weighted by atomic mass is 79.9. The number of nitrogens with zero attached hydrogens (tertiary/aromatic N) is 3. The first-order valence-corrected chi connectivity index (χ1v) is 6.31. The molecule has 2 aromatic rings. The number of carbonyl (C=O) groups is 1. The number of anilines is 1. The predicted molar refractivity (Wildman–Crippen MR) is 75.8 cm³/mol. The SMILES string of the molecule is CN(C(=O)c1ccc(Br)nc1)c1ccccc1C#N. The van der Waals surface area contributed by atoms with E-state index in [1.54, 1.807) is 43.4 Å². The zero-order valence-electron chi connectivity index (χ0n) is 10.2. The number of halogens is 1. The van der Waals surface area contributed by atoms with Gasteiger partial charge < -0.3 is 4.90 Å². The number of benzene rings is 1. The molecule has 94 valence electrons. The van der Waals surface area contributed by atoms with Gasteiger partial charge in [0, 0.05) is 13.2 Å². The van der Waals surface area contributed by atoms with Crippen LogP contribution in [0.2, 0.25) is 0 Å². The Bertz CT molecular complexity index is 646. The number of amides is 1. The third-order valence-corrected chi connectivity index (χ3v) is 3.13. The van der Waals surface area contributed by atoms with Crippen LogP contribution in [-0.2, 0) is 0 Å². The van der Waals surface area contributed by atoms with Crippen molar-refractivity contribution >= 4 is 27.5 Å². The molecule has 0 N–H and O–H groups in total. The molecule has 1 aromatic carbocycles. The van der Waals surface area contributed by atoms with Gasteiger partial charge in [-0.2, -0.15) is 5.26 Å². The molecular formula is C14H10BrN3O. The van der Waals surface area contributed by atoms with Crippen molar-refractivity contribution < 1.29 is 4.79 Å². The zero-order chi connectivity index (χ0) is 13.8. The second-order valence-electron chi connectivity index (χ2n) is 3.86. The average Bonchev–Trinajstić information content (AvgIpc) is 2.46. The van der Waals surface area contributed by atoms with Gasteiger partial charge in [0.05, 0.1) is 16.8 Å². The molecule has 5 heteroatoms. The number of hydrogen-bond acceptors (Lipinski definition) is 3. The predicted octanol–water partition coefficient (Wildman–Crippen LogP) is 2.99. The van der Waals surface area contributed by atoms with E-state index in [0.717, 1.165) is 0 Å².